The molecule has 0 bridgehead atoms. The van der Waals surface area contributed by atoms with Gasteiger partial charge in [-0.2, -0.15) is 0 Å². The lowest BCUT2D eigenvalue weighted by Gasteiger charge is -2.18. The fraction of sp³-hybridized carbons (Fsp3) is 0.500. The molecule has 2 aromatic heterocycles. The Kier molecular flexibility index (Phi) is 4.94. The standard InChI is InChI=1S/C18H22N2O4S/c1-5-23-18(22)15-12-7-6-9(2)8-13(12)25-17(15)19-16(21)14-10(3)20-24-11(14)4/h9H,5-8H2,1-4H3,(H,19,21). The maximum absolute atomic E-state index is 12.7. The molecule has 0 aromatic carbocycles. The minimum atomic E-state index is -0.372. The number of hydrogen-bond donors (Lipinski definition) is 1. The molecule has 0 fully saturated rings. The molecule has 0 saturated carbocycles. The number of aromatic nitrogens is 1. The van der Waals surface area contributed by atoms with Crippen molar-refractivity contribution in [3.05, 3.63) is 33.0 Å². The summed E-state index contributed by atoms with van der Waals surface area (Å²) in [5.74, 6) is 0.354. The molecule has 1 N–H and O–H groups in total. The number of nitrogens with one attached hydrogen (secondary N) is 1. The smallest absolute Gasteiger partial charge is 0.341 e. The summed E-state index contributed by atoms with van der Waals surface area (Å²) in [6.45, 7) is 7.70. The number of hydrogen-bond acceptors (Lipinski definition) is 6. The number of ether oxygens (including phenoxy) is 1. The van der Waals surface area contributed by atoms with E-state index in [9.17, 15) is 9.59 Å². The van der Waals surface area contributed by atoms with Crippen LogP contribution in [0.1, 0.15) is 62.9 Å². The molecular weight excluding hydrogens is 340 g/mol. The Morgan fingerprint density at radius 1 is 1.36 bits per heavy atom. The molecule has 3 rings (SSSR count). The summed E-state index contributed by atoms with van der Waals surface area (Å²) in [7, 11) is 0. The molecule has 7 heteroatoms. The number of carbonyl (C=O) groups excluding carboxylic acids is 2. The van der Waals surface area contributed by atoms with Gasteiger partial charge in [0, 0.05) is 4.88 Å². The van der Waals surface area contributed by atoms with Crippen LogP contribution in [0.2, 0.25) is 0 Å². The lowest BCUT2D eigenvalue weighted by molar-refractivity contribution is 0.0526. The average molecular weight is 362 g/mol. The van der Waals surface area contributed by atoms with E-state index in [1.54, 1.807) is 20.8 Å². The molecule has 1 atom stereocenters. The van der Waals surface area contributed by atoms with Crippen LogP contribution in [0.5, 0.6) is 0 Å². The van der Waals surface area contributed by atoms with Crippen LogP contribution < -0.4 is 5.32 Å². The van der Waals surface area contributed by atoms with Crippen molar-refractivity contribution in [2.24, 2.45) is 5.92 Å². The van der Waals surface area contributed by atoms with Gasteiger partial charge < -0.3 is 14.6 Å². The van der Waals surface area contributed by atoms with Crippen molar-refractivity contribution >= 4 is 28.2 Å². The van der Waals surface area contributed by atoms with E-state index < -0.39 is 0 Å². The van der Waals surface area contributed by atoms with Crippen LogP contribution in [0.3, 0.4) is 0 Å². The maximum atomic E-state index is 12.7. The first kappa shape index (κ1) is 17.7. The Balaban J connectivity index is 1.98. The largest absolute Gasteiger partial charge is 0.462 e. The first-order valence-electron chi connectivity index (χ1n) is 8.48. The molecule has 0 aliphatic heterocycles. The number of thiophene rings is 1. The molecule has 1 aliphatic rings. The van der Waals surface area contributed by atoms with Gasteiger partial charge in [0.15, 0.2) is 0 Å². The van der Waals surface area contributed by atoms with Gasteiger partial charge in [0.25, 0.3) is 5.91 Å². The Bertz CT molecular complexity index is 802. The molecule has 2 heterocycles. The van der Waals surface area contributed by atoms with Crippen molar-refractivity contribution in [3.63, 3.8) is 0 Å². The fourth-order valence-electron chi connectivity index (χ4n) is 3.23. The van der Waals surface area contributed by atoms with Crippen molar-refractivity contribution < 1.29 is 18.8 Å². The Morgan fingerprint density at radius 2 is 2.12 bits per heavy atom. The highest BCUT2D eigenvalue weighted by Gasteiger charge is 2.30. The fourth-order valence-corrected chi connectivity index (χ4v) is 4.62. The molecule has 0 saturated heterocycles. The van der Waals surface area contributed by atoms with E-state index in [1.165, 1.54) is 11.3 Å². The van der Waals surface area contributed by atoms with E-state index in [1.807, 2.05) is 0 Å². The maximum Gasteiger partial charge on any atom is 0.341 e. The molecule has 134 valence electrons. The zero-order valence-electron chi connectivity index (χ0n) is 14.9. The summed E-state index contributed by atoms with van der Waals surface area (Å²) >= 11 is 1.47. The van der Waals surface area contributed by atoms with Crippen molar-refractivity contribution in [2.45, 2.75) is 47.0 Å². The quantitative estimate of drug-likeness (QED) is 0.834. The minimum absolute atomic E-state index is 0.303. The van der Waals surface area contributed by atoms with Gasteiger partial charge in [-0.1, -0.05) is 12.1 Å². The van der Waals surface area contributed by atoms with Crippen LogP contribution in [0.4, 0.5) is 5.00 Å². The van der Waals surface area contributed by atoms with Crippen LogP contribution in [0.15, 0.2) is 4.52 Å². The van der Waals surface area contributed by atoms with Gasteiger partial charge in [0.2, 0.25) is 0 Å². The lowest BCUT2D eigenvalue weighted by Crippen LogP contribution is -2.17. The molecule has 2 aromatic rings. The van der Waals surface area contributed by atoms with Gasteiger partial charge in [-0.3, -0.25) is 4.79 Å². The summed E-state index contributed by atoms with van der Waals surface area (Å²) in [6.07, 6.45) is 2.79. The zero-order chi connectivity index (χ0) is 18.1. The Hall–Kier alpha value is -2.15. The monoisotopic (exact) mass is 362 g/mol. The second-order valence-electron chi connectivity index (χ2n) is 6.43. The van der Waals surface area contributed by atoms with E-state index >= 15 is 0 Å². The van der Waals surface area contributed by atoms with Crippen LogP contribution >= 0.6 is 11.3 Å². The first-order valence-corrected chi connectivity index (χ1v) is 9.29. The third-order valence-electron chi connectivity index (χ3n) is 4.48. The molecule has 1 unspecified atom stereocenters. The molecule has 1 aliphatic carbocycles. The highest BCUT2D eigenvalue weighted by Crippen LogP contribution is 2.40. The van der Waals surface area contributed by atoms with Crippen LogP contribution in [-0.2, 0) is 17.6 Å². The molecule has 25 heavy (non-hydrogen) atoms. The number of aryl methyl sites for hydroxylation is 2. The highest BCUT2D eigenvalue weighted by atomic mass is 32.1. The summed E-state index contributed by atoms with van der Waals surface area (Å²) < 4.78 is 10.3. The van der Waals surface area contributed by atoms with Gasteiger partial charge in [-0.05, 0) is 51.5 Å². The molecule has 6 nitrogen and oxygen atoms in total. The van der Waals surface area contributed by atoms with Crippen LogP contribution in [0.25, 0.3) is 0 Å². The summed E-state index contributed by atoms with van der Waals surface area (Å²) in [4.78, 5) is 26.3. The SMILES string of the molecule is CCOC(=O)c1c(NC(=O)c2c(C)noc2C)sc2c1CCC(C)C2. The van der Waals surface area contributed by atoms with Crippen molar-refractivity contribution in [2.75, 3.05) is 11.9 Å². The van der Waals surface area contributed by atoms with Gasteiger partial charge in [-0.25, -0.2) is 4.79 Å². The molecular formula is C18H22N2O4S. The van der Waals surface area contributed by atoms with Crippen LogP contribution in [0, 0.1) is 19.8 Å². The number of anilines is 1. The molecule has 1 amide bonds. The second kappa shape index (κ2) is 7.00. The summed E-state index contributed by atoms with van der Waals surface area (Å²) in [6, 6.07) is 0. The Morgan fingerprint density at radius 3 is 2.76 bits per heavy atom. The van der Waals surface area contributed by atoms with E-state index in [-0.39, 0.29) is 11.9 Å². The first-order chi connectivity index (χ1) is 11.9. The van der Waals surface area contributed by atoms with Crippen LogP contribution in [-0.4, -0.2) is 23.6 Å². The number of amides is 1. The molecule has 0 spiro atoms. The van der Waals surface area contributed by atoms with E-state index in [0.717, 1.165) is 29.7 Å². The minimum Gasteiger partial charge on any atom is -0.462 e. The normalized spacial score (nSPS) is 16.4. The topological polar surface area (TPSA) is 81.4 Å². The number of fused-ring (bicyclic) bond motifs is 1. The van der Waals surface area contributed by atoms with Gasteiger partial charge >= 0.3 is 5.97 Å². The number of rotatable bonds is 4. The van der Waals surface area contributed by atoms with Crippen molar-refractivity contribution in [3.8, 4) is 0 Å². The van der Waals surface area contributed by atoms with Gasteiger partial charge in [-0.15, -0.1) is 11.3 Å². The summed E-state index contributed by atoms with van der Waals surface area (Å²) in [5, 5.41) is 7.26. The predicted octanol–water partition coefficient (Wildman–Crippen LogP) is 3.91. The second-order valence-corrected chi connectivity index (χ2v) is 7.53. The third kappa shape index (κ3) is 3.33. The third-order valence-corrected chi connectivity index (χ3v) is 5.65. The predicted molar refractivity (Wildman–Crippen MR) is 95.4 cm³/mol. The van der Waals surface area contributed by atoms with E-state index in [0.29, 0.717) is 40.1 Å². The highest BCUT2D eigenvalue weighted by molar-refractivity contribution is 7.17. The molecule has 0 radical (unpaired) electrons. The van der Waals surface area contributed by atoms with E-state index in [4.69, 9.17) is 9.26 Å². The number of esters is 1. The number of nitrogens with zero attached hydrogens (tertiary/aromatic N) is 1. The van der Waals surface area contributed by atoms with E-state index in [2.05, 4.69) is 17.4 Å². The zero-order valence-corrected chi connectivity index (χ0v) is 15.7. The van der Waals surface area contributed by atoms with Crippen molar-refractivity contribution in [1.29, 1.82) is 0 Å². The Labute approximate surface area is 150 Å². The lowest BCUT2D eigenvalue weighted by atomic mass is 9.88. The van der Waals surface area contributed by atoms with Gasteiger partial charge in [0.1, 0.15) is 16.3 Å². The average Bonchev–Trinajstić information content (AvgIpc) is 3.06. The van der Waals surface area contributed by atoms with Crippen molar-refractivity contribution in [1.82, 2.24) is 5.16 Å². The number of carbonyl (C=O) groups is 2. The van der Waals surface area contributed by atoms with Gasteiger partial charge in [0.05, 0.1) is 17.9 Å². The summed E-state index contributed by atoms with van der Waals surface area (Å²) in [5.41, 5.74) is 2.47.